The van der Waals surface area contributed by atoms with Crippen molar-refractivity contribution < 1.29 is 14.1 Å². The zero-order chi connectivity index (χ0) is 18.7. The van der Waals surface area contributed by atoms with Gasteiger partial charge in [0.25, 0.3) is 0 Å². The maximum absolute atomic E-state index is 12.9. The molecule has 0 amide bonds. The number of ketones is 1. The fourth-order valence-electron chi connectivity index (χ4n) is 2.54. The van der Waals surface area contributed by atoms with E-state index in [9.17, 15) is 10.1 Å². The highest BCUT2D eigenvalue weighted by molar-refractivity contribution is 7.10. The number of benzene rings is 1. The minimum absolute atomic E-state index is 0.235. The lowest BCUT2D eigenvalue weighted by Gasteiger charge is -2.12. The molecule has 0 bridgehead atoms. The summed E-state index contributed by atoms with van der Waals surface area (Å²) in [5.74, 6) is -0.167. The first-order chi connectivity index (χ1) is 12.5. The molecule has 6 nitrogen and oxygen atoms in total. The summed E-state index contributed by atoms with van der Waals surface area (Å²) in [6.45, 7) is 5.72. The lowest BCUT2D eigenvalue weighted by Crippen LogP contribution is -2.13. The molecule has 0 aliphatic rings. The van der Waals surface area contributed by atoms with E-state index in [0.717, 1.165) is 17.0 Å². The summed E-state index contributed by atoms with van der Waals surface area (Å²) < 4.78 is 11.0. The molecule has 0 aliphatic heterocycles. The first-order valence-electron chi connectivity index (χ1n) is 8.00. The highest BCUT2D eigenvalue weighted by atomic mass is 32.1. The van der Waals surface area contributed by atoms with Crippen molar-refractivity contribution in [1.29, 1.82) is 5.26 Å². The number of nitriles is 1. The molecular formula is C19H17N3O3S. The summed E-state index contributed by atoms with van der Waals surface area (Å²) in [7, 11) is 0. The minimum atomic E-state index is -0.947. The topological polar surface area (TPSA) is 89.0 Å². The number of hydrogen-bond donors (Lipinski definition) is 0. The zero-order valence-electron chi connectivity index (χ0n) is 14.6. The Bertz CT molecular complexity index is 965. The van der Waals surface area contributed by atoms with Crippen molar-refractivity contribution in [2.75, 3.05) is 0 Å². The van der Waals surface area contributed by atoms with Gasteiger partial charge in [-0.15, -0.1) is 11.3 Å². The number of para-hydroxylation sites is 1. The van der Waals surface area contributed by atoms with Crippen LogP contribution in [0.2, 0.25) is 0 Å². The molecule has 2 heterocycles. The van der Waals surface area contributed by atoms with Crippen LogP contribution in [0.3, 0.4) is 0 Å². The summed E-state index contributed by atoms with van der Waals surface area (Å²) in [6.07, 6.45) is 0. The molecule has 3 aromatic rings. The van der Waals surface area contributed by atoms with Gasteiger partial charge in [0.2, 0.25) is 0 Å². The second kappa shape index (κ2) is 7.50. The number of carbonyl (C=O) groups is 1. The van der Waals surface area contributed by atoms with E-state index in [1.165, 1.54) is 11.3 Å². The standard InChI is InChI=1S/C19H17N3O3S/c1-11-10-26-19(21-11)15(8-20)18(23)14-6-4-5-7-17(14)24-9-16-12(2)22-25-13(16)3/h4-7,10,15H,9H2,1-3H3. The predicted molar refractivity (Wildman–Crippen MR) is 96.3 cm³/mol. The number of aromatic nitrogens is 2. The number of rotatable bonds is 6. The van der Waals surface area contributed by atoms with Crippen molar-refractivity contribution in [2.24, 2.45) is 0 Å². The number of nitrogens with zero attached hydrogens (tertiary/aromatic N) is 3. The van der Waals surface area contributed by atoms with E-state index >= 15 is 0 Å². The molecule has 0 saturated carbocycles. The summed E-state index contributed by atoms with van der Waals surface area (Å²) in [5.41, 5.74) is 2.75. The van der Waals surface area contributed by atoms with Crippen molar-refractivity contribution >= 4 is 17.1 Å². The van der Waals surface area contributed by atoms with E-state index in [-0.39, 0.29) is 12.4 Å². The van der Waals surface area contributed by atoms with Crippen LogP contribution in [0, 0.1) is 32.1 Å². The fraction of sp³-hybridized carbons (Fsp3) is 0.263. The van der Waals surface area contributed by atoms with Crippen LogP contribution in [0.1, 0.15) is 44.0 Å². The summed E-state index contributed by atoms with van der Waals surface area (Å²) >= 11 is 1.31. The predicted octanol–water partition coefficient (Wildman–Crippen LogP) is 4.13. The Labute approximate surface area is 155 Å². The van der Waals surface area contributed by atoms with Crippen LogP contribution in [-0.4, -0.2) is 15.9 Å². The third kappa shape index (κ3) is 3.51. The van der Waals surface area contributed by atoms with Crippen LogP contribution in [0.15, 0.2) is 34.2 Å². The molecule has 0 fully saturated rings. The Balaban J connectivity index is 1.86. The van der Waals surface area contributed by atoms with Gasteiger partial charge in [-0.3, -0.25) is 4.79 Å². The summed E-state index contributed by atoms with van der Waals surface area (Å²) in [4.78, 5) is 17.2. The molecule has 2 aromatic heterocycles. The lowest BCUT2D eigenvalue weighted by atomic mass is 9.98. The molecule has 132 valence electrons. The zero-order valence-corrected chi connectivity index (χ0v) is 15.5. The van der Waals surface area contributed by atoms with Gasteiger partial charge in [0, 0.05) is 11.1 Å². The van der Waals surface area contributed by atoms with Gasteiger partial charge >= 0.3 is 0 Å². The van der Waals surface area contributed by atoms with Gasteiger partial charge in [0.1, 0.15) is 23.1 Å². The Kier molecular flexibility index (Phi) is 5.14. The molecule has 1 atom stereocenters. The van der Waals surface area contributed by atoms with E-state index in [1.807, 2.05) is 26.2 Å². The van der Waals surface area contributed by atoms with E-state index in [2.05, 4.69) is 16.2 Å². The Morgan fingerprint density at radius 2 is 2.12 bits per heavy atom. The number of hydrogen-bond acceptors (Lipinski definition) is 7. The first-order valence-corrected chi connectivity index (χ1v) is 8.88. The monoisotopic (exact) mass is 367 g/mol. The van der Waals surface area contributed by atoms with Gasteiger partial charge in [-0.1, -0.05) is 17.3 Å². The number of ether oxygens (including phenoxy) is 1. The van der Waals surface area contributed by atoms with E-state index in [0.29, 0.717) is 22.1 Å². The van der Waals surface area contributed by atoms with E-state index in [4.69, 9.17) is 9.26 Å². The maximum Gasteiger partial charge on any atom is 0.190 e. The molecule has 3 rings (SSSR count). The van der Waals surface area contributed by atoms with Crippen LogP contribution in [-0.2, 0) is 6.61 Å². The van der Waals surface area contributed by atoms with Crippen LogP contribution < -0.4 is 4.74 Å². The number of Topliss-reactive ketones (excluding diaryl/α,β-unsaturated/α-hetero) is 1. The third-order valence-corrected chi connectivity index (χ3v) is 5.01. The molecule has 1 unspecified atom stereocenters. The van der Waals surface area contributed by atoms with Crippen LogP contribution in [0.5, 0.6) is 5.75 Å². The van der Waals surface area contributed by atoms with Crippen molar-refractivity contribution in [3.8, 4) is 11.8 Å². The fourth-order valence-corrected chi connectivity index (χ4v) is 3.38. The average molecular weight is 367 g/mol. The van der Waals surface area contributed by atoms with Crippen molar-refractivity contribution in [3.05, 3.63) is 62.9 Å². The van der Waals surface area contributed by atoms with Crippen LogP contribution >= 0.6 is 11.3 Å². The highest BCUT2D eigenvalue weighted by Gasteiger charge is 2.27. The van der Waals surface area contributed by atoms with Crippen molar-refractivity contribution in [2.45, 2.75) is 33.3 Å². The molecule has 0 N–H and O–H groups in total. The van der Waals surface area contributed by atoms with Gasteiger partial charge in [-0.2, -0.15) is 5.26 Å². The van der Waals surface area contributed by atoms with E-state index < -0.39 is 5.92 Å². The van der Waals surface area contributed by atoms with Gasteiger partial charge < -0.3 is 9.26 Å². The molecule has 26 heavy (non-hydrogen) atoms. The van der Waals surface area contributed by atoms with Gasteiger partial charge in [0.05, 0.1) is 22.9 Å². The van der Waals surface area contributed by atoms with E-state index in [1.54, 1.807) is 24.3 Å². The average Bonchev–Trinajstić information content (AvgIpc) is 3.20. The molecular weight excluding hydrogens is 350 g/mol. The smallest absolute Gasteiger partial charge is 0.190 e. The molecule has 0 radical (unpaired) electrons. The number of carbonyl (C=O) groups excluding carboxylic acids is 1. The van der Waals surface area contributed by atoms with Crippen molar-refractivity contribution in [1.82, 2.24) is 10.1 Å². The Hall–Kier alpha value is -2.98. The highest BCUT2D eigenvalue weighted by Crippen LogP contribution is 2.29. The molecule has 1 aromatic carbocycles. The molecule has 7 heteroatoms. The number of aryl methyl sites for hydroxylation is 3. The quantitative estimate of drug-likeness (QED) is 0.609. The summed E-state index contributed by atoms with van der Waals surface area (Å²) in [5, 5.41) is 15.7. The van der Waals surface area contributed by atoms with Gasteiger partial charge in [-0.05, 0) is 32.9 Å². The van der Waals surface area contributed by atoms with Crippen LogP contribution in [0.4, 0.5) is 0 Å². The molecule has 0 aliphatic carbocycles. The van der Waals surface area contributed by atoms with Crippen molar-refractivity contribution in [3.63, 3.8) is 0 Å². The Morgan fingerprint density at radius 1 is 1.35 bits per heavy atom. The minimum Gasteiger partial charge on any atom is -0.488 e. The lowest BCUT2D eigenvalue weighted by molar-refractivity contribution is 0.0974. The third-order valence-electron chi connectivity index (χ3n) is 3.98. The molecule has 0 saturated heterocycles. The van der Waals surface area contributed by atoms with Gasteiger partial charge in [-0.25, -0.2) is 4.98 Å². The van der Waals surface area contributed by atoms with Gasteiger partial charge in [0.15, 0.2) is 11.7 Å². The number of thiazole rings is 1. The maximum atomic E-state index is 12.9. The Morgan fingerprint density at radius 3 is 2.73 bits per heavy atom. The first kappa shape index (κ1) is 17.8. The van der Waals surface area contributed by atoms with Crippen LogP contribution in [0.25, 0.3) is 0 Å². The second-order valence-corrected chi connectivity index (χ2v) is 6.73. The second-order valence-electron chi connectivity index (χ2n) is 5.84. The summed E-state index contributed by atoms with van der Waals surface area (Å²) in [6, 6.07) is 8.97. The SMILES string of the molecule is Cc1csc(C(C#N)C(=O)c2ccccc2OCc2c(C)noc2C)n1. The largest absolute Gasteiger partial charge is 0.488 e. The normalized spacial score (nSPS) is 11.8. The molecule has 0 spiro atoms.